The number of aromatic hydroxyl groups is 1. The van der Waals surface area contributed by atoms with Gasteiger partial charge in [-0.3, -0.25) is 9.59 Å². The number of rotatable bonds is 9. The number of aliphatic carboxylic acids is 1. The van der Waals surface area contributed by atoms with Crippen molar-refractivity contribution in [3.05, 3.63) is 42.0 Å². The minimum Gasteiger partial charge on any atom is -0.508 e. The van der Waals surface area contributed by atoms with E-state index in [1.165, 1.54) is 24.3 Å². The first-order valence-electron chi connectivity index (χ1n) is 7.83. The van der Waals surface area contributed by atoms with Crippen LogP contribution in [0.4, 0.5) is 0 Å². The van der Waals surface area contributed by atoms with Crippen molar-refractivity contribution in [3.8, 4) is 5.75 Å². The van der Waals surface area contributed by atoms with E-state index in [0.29, 0.717) is 5.56 Å². The minimum atomic E-state index is -1.26. The van der Waals surface area contributed by atoms with Gasteiger partial charge in [-0.2, -0.15) is 0 Å². The number of phenolic OH excluding ortho intramolecular Hbond substituents is 1. The fraction of sp³-hybridized carbons (Fsp3) is 0.294. The Labute approximate surface area is 155 Å². The number of carboxylic acids is 1. The highest BCUT2D eigenvalue weighted by Crippen LogP contribution is 2.11. The molecule has 6 N–H and O–H groups in total. The largest absolute Gasteiger partial charge is 0.508 e. The third kappa shape index (κ3) is 8.01. The van der Waals surface area contributed by atoms with E-state index in [2.05, 4.69) is 15.4 Å². The molecule has 0 spiro atoms. The number of nitrogens with two attached hydrogens (primary N) is 1. The molecular formula is C17H21N3O7. The number of carbonyl (C=O) groups is 4. The van der Waals surface area contributed by atoms with Gasteiger partial charge < -0.3 is 31.3 Å². The lowest BCUT2D eigenvalue weighted by molar-refractivity contribution is -0.142. The van der Waals surface area contributed by atoms with Gasteiger partial charge in [-0.05, 0) is 17.7 Å². The molecule has 0 unspecified atom stereocenters. The Kier molecular flexibility index (Phi) is 8.46. The van der Waals surface area contributed by atoms with Gasteiger partial charge in [0.1, 0.15) is 17.8 Å². The maximum absolute atomic E-state index is 12.0. The van der Waals surface area contributed by atoms with Crippen LogP contribution in [-0.2, 0) is 30.3 Å². The molecule has 1 rings (SSSR count). The molecule has 2 atom stereocenters. The lowest BCUT2D eigenvalue weighted by Gasteiger charge is -2.18. The Balaban J connectivity index is 2.56. The molecule has 146 valence electrons. The fourth-order valence-corrected chi connectivity index (χ4v) is 1.92. The number of ether oxygens (including phenoxy) is 1. The standard InChI is InChI=1S/C17H21N3O7/c1-27-15(23)7-6-14(22)19-9-12(18)16(24)20-13(17(25)26)8-10-2-4-11(21)5-3-10/h2-7,12-13,21H,8-9,18H2,1H3,(H,19,22)(H,20,24)(H,25,26)/b7-6+/t12-,13-/m0/s1. The predicted octanol–water partition coefficient (Wildman–Crippen LogP) is -1.32. The van der Waals surface area contributed by atoms with Crippen molar-refractivity contribution in [1.82, 2.24) is 10.6 Å². The second-order valence-electron chi connectivity index (χ2n) is 5.48. The quantitative estimate of drug-likeness (QED) is 0.260. The van der Waals surface area contributed by atoms with Gasteiger partial charge in [0.15, 0.2) is 0 Å². The number of methoxy groups -OCH3 is 1. The van der Waals surface area contributed by atoms with E-state index in [1.807, 2.05) is 0 Å². The average Bonchev–Trinajstić information content (AvgIpc) is 2.64. The van der Waals surface area contributed by atoms with E-state index in [-0.39, 0.29) is 18.7 Å². The summed E-state index contributed by atoms with van der Waals surface area (Å²) in [6, 6.07) is 3.44. The molecule has 0 aliphatic heterocycles. The highest BCUT2D eigenvalue weighted by molar-refractivity contribution is 5.95. The number of nitrogens with one attached hydrogen (secondary N) is 2. The van der Waals surface area contributed by atoms with E-state index < -0.39 is 35.8 Å². The topological polar surface area (TPSA) is 168 Å². The van der Waals surface area contributed by atoms with Crippen LogP contribution in [0.25, 0.3) is 0 Å². The molecule has 0 radical (unpaired) electrons. The van der Waals surface area contributed by atoms with Gasteiger partial charge >= 0.3 is 11.9 Å². The van der Waals surface area contributed by atoms with Crippen molar-refractivity contribution in [2.24, 2.45) is 5.73 Å². The number of hydrogen-bond donors (Lipinski definition) is 5. The maximum atomic E-state index is 12.0. The Bertz CT molecular complexity index is 716. The zero-order valence-electron chi connectivity index (χ0n) is 14.5. The van der Waals surface area contributed by atoms with Gasteiger partial charge in [0, 0.05) is 25.1 Å². The number of benzene rings is 1. The average molecular weight is 379 g/mol. The van der Waals surface area contributed by atoms with Gasteiger partial charge in [0.2, 0.25) is 11.8 Å². The number of phenols is 1. The van der Waals surface area contributed by atoms with Crippen LogP contribution >= 0.6 is 0 Å². The second kappa shape index (κ2) is 10.6. The third-order valence-corrected chi connectivity index (χ3v) is 3.40. The molecule has 0 aliphatic rings. The monoisotopic (exact) mass is 379 g/mol. The molecule has 0 bridgehead atoms. The van der Waals surface area contributed by atoms with Crippen molar-refractivity contribution in [2.45, 2.75) is 18.5 Å². The maximum Gasteiger partial charge on any atom is 0.330 e. The molecule has 1 aromatic carbocycles. The summed E-state index contributed by atoms with van der Waals surface area (Å²) in [4.78, 5) is 45.7. The summed E-state index contributed by atoms with van der Waals surface area (Å²) in [5.41, 5.74) is 6.23. The fourth-order valence-electron chi connectivity index (χ4n) is 1.92. The van der Waals surface area contributed by atoms with Crippen LogP contribution in [0.15, 0.2) is 36.4 Å². The predicted molar refractivity (Wildman–Crippen MR) is 93.5 cm³/mol. The molecule has 0 fully saturated rings. The molecular weight excluding hydrogens is 358 g/mol. The Morgan fingerprint density at radius 2 is 1.81 bits per heavy atom. The smallest absolute Gasteiger partial charge is 0.330 e. The summed E-state index contributed by atoms with van der Waals surface area (Å²) < 4.78 is 4.32. The van der Waals surface area contributed by atoms with Crippen molar-refractivity contribution >= 4 is 23.8 Å². The van der Waals surface area contributed by atoms with Crippen LogP contribution < -0.4 is 16.4 Å². The van der Waals surface area contributed by atoms with Gasteiger partial charge in [-0.15, -0.1) is 0 Å². The van der Waals surface area contributed by atoms with Crippen molar-refractivity contribution in [3.63, 3.8) is 0 Å². The Morgan fingerprint density at radius 1 is 1.19 bits per heavy atom. The second-order valence-corrected chi connectivity index (χ2v) is 5.48. The first-order valence-corrected chi connectivity index (χ1v) is 7.83. The molecule has 0 saturated heterocycles. The van der Waals surface area contributed by atoms with Crippen LogP contribution in [0, 0.1) is 0 Å². The molecule has 0 heterocycles. The van der Waals surface area contributed by atoms with E-state index in [1.54, 1.807) is 0 Å². The first kappa shape index (κ1) is 21.6. The number of amides is 2. The zero-order valence-corrected chi connectivity index (χ0v) is 14.5. The minimum absolute atomic E-state index is 0.0116. The molecule has 1 aromatic rings. The van der Waals surface area contributed by atoms with Crippen molar-refractivity contribution in [2.75, 3.05) is 13.7 Å². The lowest BCUT2D eigenvalue weighted by atomic mass is 10.1. The summed E-state index contributed by atoms with van der Waals surface area (Å²) in [5.74, 6) is -3.37. The lowest BCUT2D eigenvalue weighted by Crippen LogP contribution is -2.52. The highest BCUT2D eigenvalue weighted by atomic mass is 16.5. The van der Waals surface area contributed by atoms with Gasteiger partial charge in [0.05, 0.1) is 7.11 Å². The van der Waals surface area contributed by atoms with Crippen LogP contribution in [-0.4, -0.2) is 59.7 Å². The zero-order chi connectivity index (χ0) is 20.4. The van der Waals surface area contributed by atoms with Crippen molar-refractivity contribution in [1.29, 1.82) is 0 Å². The molecule has 10 nitrogen and oxygen atoms in total. The van der Waals surface area contributed by atoms with Crippen molar-refractivity contribution < 1.29 is 34.1 Å². The summed E-state index contributed by atoms with van der Waals surface area (Å²) in [6.45, 7) is -0.262. The van der Waals surface area contributed by atoms with Crippen LogP contribution in [0.1, 0.15) is 5.56 Å². The molecule has 0 saturated carbocycles. The van der Waals surface area contributed by atoms with Gasteiger partial charge in [0.25, 0.3) is 0 Å². The molecule has 27 heavy (non-hydrogen) atoms. The number of carbonyl (C=O) groups excluding carboxylic acids is 3. The van der Waals surface area contributed by atoms with E-state index >= 15 is 0 Å². The Morgan fingerprint density at radius 3 is 2.37 bits per heavy atom. The molecule has 2 amide bonds. The Hall–Kier alpha value is -3.40. The highest BCUT2D eigenvalue weighted by Gasteiger charge is 2.23. The van der Waals surface area contributed by atoms with Gasteiger partial charge in [-0.25, -0.2) is 9.59 Å². The van der Waals surface area contributed by atoms with Gasteiger partial charge in [-0.1, -0.05) is 12.1 Å². The number of hydrogen-bond acceptors (Lipinski definition) is 7. The van der Waals surface area contributed by atoms with Crippen LogP contribution in [0.3, 0.4) is 0 Å². The normalized spacial score (nSPS) is 12.8. The number of esters is 1. The van der Waals surface area contributed by atoms with Crippen LogP contribution in [0.2, 0.25) is 0 Å². The number of carboxylic acid groups (broad SMARTS) is 1. The first-order chi connectivity index (χ1) is 12.7. The molecule has 0 aliphatic carbocycles. The van der Waals surface area contributed by atoms with E-state index in [9.17, 15) is 29.4 Å². The molecule has 0 aromatic heterocycles. The van der Waals surface area contributed by atoms with Crippen LogP contribution in [0.5, 0.6) is 5.75 Å². The summed E-state index contributed by atoms with van der Waals surface area (Å²) in [6.07, 6.45) is 1.81. The molecule has 10 heteroatoms. The summed E-state index contributed by atoms with van der Waals surface area (Å²) in [5, 5.41) is 23.1. The summed E-state index contributed by atoms with van der Waals surface area (Å²) >= 11 is 0. The van der Waals surface area contributed by atoms with E-state index in [4.69, 9.17) is 5.73 Å². The summed E-state index contributed by atoms with van der Waals surface area (Å²) in [7, 11) is 1.15. The van der Waals surface area contributed by atoms with E-state index in [0.717, 1.165) is 19.3 Å². The third-order valence-electron chi connectivity index (χ3n) is 3.40. The SMILES string of the molecule is COC(=O)/C=C/C(=O)NC[C@H](N)C(=O)N[C@@H](Cc1ccc(O)cc1)C(=O)O.